The first-order valence-electron chi connectivity index (χ1n) is 10.4. The molecule has 4 aromatic rings. The molecule has 8 nitrogen and oxygen atoms in total. The van der Waals surface area contributed by atoms with Crippen molar-refractivity contribution in [2.45, 2.75) is 25.5 Å². The fourth-order valence-corrected chi connectivity index (χ4v) is 4.65. The van der Waals surface area contributed by atoms with Gasteiger partial charge in [0, 0.05) is 30.2 Å². The number of amides is 1. The molecule has 0 radical (unpaired) electrons. The highest BCUT2D eigenvalue weighted by atomic mass is 32.2. The third-order valence-electron chi connectivity index (χ3n) is 5.47. The number of rotatable bonds is 7. The number of methoxy groups -OCH3 is 1. The molecule has 9 heteroatoms. The van der Waals surface area contributed by atoms with Crippen LogP contribution >= 0.6 is 11.8 Å². The zero-order valence-electron chi connectivity index (χ0n) is 18.8. The Labute approximate surface area is 194 Å². The van der Waals surface area contributed by atoms with Gasteiger partial charge in [0.25, 0.3) is 5.56 Å². The molecule has 0 aliphatic rings. The topological polar surface area (TPSA) is 95.2 Å². The van der Waals surface area contributed by atoms with Crippen LogP contribution < -0.4 is 15.6 Å². The van der Waals surface area contributed by atoms with Gasteiger partial charge in [-0.15, -0.1) is 0 Å². The number of Topliss-reactive ketones (excluding diaryl/α,β-unsaturated/α-hetero) is 1. The Morgan fingerprint density at radius 3 is 2.67 bits per heavy atom. The molecule has 2 aromatic carbocycles. The predicted molar refractivity (Wildman–Crippen MR) is 131 cm³/mol. The van der Waals surface area contributed by atoms with Gasteiger partial charge in [-0.2, -0.15) is 0 Å². The molecule has 2 aromatic heterocycles. The molecule has 0 spiro atoms. The first-order valence-corrected chi connectivity index (χ1v) is 11.4. The molecule has 1 N–H and O–H groups in total. The molecule has 0 atom stereocenters. The lowest BCUT2D eigenvalue weighted by Gasteiger charge is -2.11. The molecule has 4 rings (SSSR count). The molecular weight excluding hydrogens is 440 g/mol. The number of thioether (sulfide) groups is 1. The van der Waals surface area contributed by atoms with Gasteiger partial charge in [0.2, 0.25) is 5.91 Å². The first-order chi connectivity index (χ1) is 15.8. The smallest absolute Gasteiger partial charge is 0.278 e. The summed E-state index contributed by atoms with van der Waals surface area (Å²) >= 11 is 1.20. The highest BCUT2D eigenvalue weighted by Crippen LogP contribution is 2.30. The number of benzene rings is 2. The van der Waals surface area contributed by atoms with E-state index in [0.717, 1.165) is 10.9 Å². The van der Waals surface area contributed by atoms with Crippen LogP contribution in [-0.2, 0) is 18.4 Å². The van der Waals surface area contributed by atoms with Crippen LogP contribution in [0.15, 0.2) is 52.4 Å². The van der Waals surface area contributed by atoms with Crippen LogP contribution in [0.4, 0.5) is 5.69 Å². The zero-order valence-corrected chi connectivity index (χ0v) is 19.7. The fraction of sp³-hybridized carbons (Fsp3) is 0.250. The van der Waals surface area contributed by atoms with Gasteiger partial charge in [0.05, 0.1) is 18.4 Å². The van der Waals surface area contributed by atoms with E-state index in [1.165, 1.54) is 18.7 Å². The third kappa shape index (κ3) is 4.23. The van der Waals surface area contributed by atoms with Crippen molar-refractivity contribution in [2.24, 2.45) is 7.05 Å². The van der Waals surface area contributed by atoms with Crippen LogP contribution in [0.1, 0.15) is 24.2 Å². The van der Waals surface area contributed by atoms with Gasteiger partial charge in [0.15, 0.2) is 10.9 Å². The molecule has 0 aliphatic heterocycles. The quantitative estimate of drug-likeness (QED) is 0.254. The van der Waals surface area contributed by atoms with Crippen LogP contribution in [0.25, 0.3) is 21.9 Å². The van der Waals surface area contributed by atoms with E-state index in [1.807, 2.05) is 36.7 Å². The standard InChI is InChI=1S/C24H24N4O4S/c1-5-28-23(31)22-21(18-12-17(32-4)9-10-19(18)27(22)3)26-24(28)33-13-20(30)25-16-8-6-7-15(11-16)14(2)29/h6-12H,5,13H2,1-4H3,(H,25,30). The minimum absolute atomic E-state index is 0.0658. The minimum atomic E-state index is -0.253. The molecule has 0 bridgehead atoms. The van der Waals surface area contributed by atoms with Crippen LogP contribution in [0.2, 0.25) is 0 Å². The molecule has 0 saturated carbocycles. The van der Waals surface area contributed by atoms with Crippen molar-refractivity contribution in [2.75, 3.05) is 18.2 Å². The molecular formula is C24H24N4O4S. The lowest BCUT2D eigenvalue weighted by molar-refractivity contribution is -0.113. The lowest BCUT2D eigenvalue weighted by Crippen LogP contribution is -2.24. The summed E-state index contributed by atoms with van der Waals surface area (Å²) in [5.74, 6) is 0.419. The summed E-state index contributed by atoms with van der Waals surface area (Å²) in [5.41, 5.74) is 2.89. The Morgan fingerprint density at radius 1 is 1.18 bits per heavy atom. The summed E-state index contributed by atoms with van der Waals surface area (Å²) in [6, 6.07) is 12.4. The SMILES string of the molecule is CCn1c(SCC(=O)Nc2cccc(C(C)=O)c2)nc2c3cc(OC)ccc3n(C)c2c1=O. The van der Waals surface area contributed by atoms with Crippen molar-refractivity contribution in [3.05, 3.63) is 58.4 Å². The number of nitrogens with zero attached hydrogens (tertiary/aromatic N) is 3. The summed E-state index contributed by atoms with van der Waals surface area (Å²) in [7, 11) is 3.44. The number of carbonyl (C=O) groups excluding carboxylic acids is 2. The number of ether oxygens (including phenoxy) is 1. The monoisotopic (exact) mass is 464 g/mol. The van der Waals surface area contributed by atoms with Crippen LogP contribution in [0.3, 0.4) is 0 Å². The molecule has 0 saturated heterocycles. The average Bonchev–Trinajstić information content (AvgIpc) is 3.09. The second-order valence-electron chi connectivity index (χ2n) is 7.56. The van der Waals surface area contributed by atoms with Gasteiger partial charge >= 0.3 is 0 Å². The van der Waals surface area contributed by atoms with Gasteiger partial charge in [0.1, 0.15) is 16.8 Å². The number of hydrogen-bond donors (Lipinski definition) is 1. The van der Waals surface area contributed by atoms with Crippen molar-refractivity contribution in [3.63, 3.8) is 0 Å². The van der Waals surface area contributed by atoms with E-state index in [2.05, 4.69) is 5.32 Å². The lowest BCUT2D eigenvalue weighted by atomic mass is 10.1. The summed E-state index contributed by atoms with van der Waals surface area (Å²) < 4.78 is 8.76. The number of ketones is 1. The minimum Gasteiger partial charge on any atom is -0.497 e. The Kier molecular flexibility index (Phi) is 6.24. The second-order valence-corrected chi connectivity index (χ2v) is 8.50. The van der Waals surface area contributed by atoms with Crippen molar-refractivity contribution in [1.29, 1.82) is 0 Å². The van der Waals surface area contributed by atoms with Gasteiger partial charge in [-0.3, -0.25) is 19.0 Å². The molecule has 33 heavy (non-hydrogen) atoms. The molecule has 1 amide bonds. The van der Waals surface area contributed by atoms with Crippen LogP contribution in [0.5, 0.6) is 5.75 Å². The molecule has 170 valence electrons. The maximum Gasteiger partial charge on any atom is 0.278 e. The normalized spacial score (nSPS) is 11.2. The number of carbonyl (C=O) groups is 2. The van der Waals surface area contributed by atoms with Gasteiger partial charge in [-0.1, -0.05) is 23.9 Å². The van der Waals surface area contributed by atoms with E-state index in [4.69, 9.17) is 9.72 Å². The van der Waals surface area contributed by atoms with Crippen molar-refractivity contribution in [1.82, 2.24) is 14.1 Å². The molecule has 0 fully saturated rings. The van der Waals surface area contributed by atoms with Crippen LogP contribution in [0, 0.1) is 0 Å². The van der Waals surface area contributed by atoms with Gasteiger partial charge in [-0.05, 0) is 44.2 Å². The number of aromatic nitrogens is 3. The summed E-state index contributed by atoms with van der Waals surface area (Å²) in [5, 5.41) is 4.09. The Bertz CT molecular complexity index is 1450. The maximum atomic E-state index is 13.3. The van der Waals surface area contributed by atoms with Crippen molar-refractivity contribution >= 4 is 51.1 Å². The average molecular weight is 465 g/mol. The number of anilines is 1. The second kappa shape index (κ2) is 9.11. The molecule has 0 unspecified atom stereocenters. The molecule has 0 aliphatic carbocycles. The van der Waals surface area contributed by atoms with E-state index in [1.54, 1.807) is 35.9 Å². The highest BCUT2D eigenvalue weighted by Gasteiger charge is 2.19. The zero-order chi connectivity index (χ0) is 23.7. The fourth-order valence-electron chi connectivity index (χ4n) is 3.79. The maximum absolute atomic E-state index is 13.3. The Balaban J connectivity index is 1.66. The van der Waals surface area contributed by atoms with E-state index in [0.29, 0.717) is 39.7 Å². The van der Waals surface area contributed by atoms with E-state index in [9.17, 15) is 14.4 Å². The van der Waals surface area contributed by atoms with Crippen molar-refractivity contribution < 1.29 is 14.3 Å². The number of hydrogen-bond acceptors (Lipinski definition) is 6. The van der Waals surface area contributed by atoms with Crippen LogP contribution in [-0.4, -0.2) is 38.7 Å². The van der Waals surface area contributed by atoms with Gasteiger partial charge in [-0.25, -0.2) is 4.98 Å². The summed E-state index contributed by atoms with van der Waals surface area (Å²) in [4.78, 5) is 42.2. The largest absolute Gasteiger partial charge is 0.497 e. The predicted octanol–water partition coefficient (Wildman–Crippen LogP) is 3.85. The number of nitrogens with one attached hydrogen (secondary N) is 1. The Hall–Kier alpha value is -3.59. The van der Waals surface area contributed by atoms with E-state index >= 15 is 0 Å². The van der Waals surface area contributed by atoms with E-state index in [-0.39, 0.29) is 23.0 Å². The highest BCUT2D eigenvalue weighted by molar-refractivity contribution is 7.99. The Morgan fingerprint density at radius 2 is 1.97 bits per heavy atom. The van der Waals surface area contributed by atoms with Gasteiger partial charge < -0.3 is 14.6 Å². The first kappa shape index (κ1) is 22.6. The van der Waals surface area contributed by atoms with E-state index < -0.39 is 0 Å². The third-order valence-corrected chi connectivity index (χ3v) is 6.44. The summed E-state index contributed by atoms with van der Waals surface area (Å²) in [6.07, 6.45) is 0. The number of aryl methyl sites for hydroxylation is 1. The number of fused-ring (bicyclic) bond motifs is 3. The summed E-state index contributed by atoms with van der Waals surface area (Å²) in [6.45, 7) is 3.78. The molecule has 2 heterocycles. The van der Waals surface area contributed by atoms with Crippen molar-refractivity contribution in [3.8, 4) is 5.75 Å².